The smallest absolute Gasteiger partial charge is 0.371 e. The largest absolute Gasteiger partial charge is 0.475 e. The van der Waals surface area contributed by atoms with Gasteiger partial charge in [-0.3, -0.25) is 0 Å². The Balaban J connectivity index is 0.000000593. The molecule has 0 aromatic carbocycles. The maximum Gasteiger partial charge on any atom is 0.371 e. The summed E-state index contributed by atoms with van der Waals surface area (Å²) in [6, 6.07) is 2.92. The molecule has 1 aromatic heterocycles. The average molecular weight is 373 g/mol. The second kappa shape index (κ2) is 15.4. The van der Waals surface area contributed by atoms with Crippen LogP contribution in [-0.4, -0.2) is 35.7 Å². The number of unbranched alkanes of at least 4 members (excludes halogenated alkanes) is 4. The Morgan fingerprint density at radius 1 is 0.880 bits per heavy atom. The van der Waals surface area contributed by atoms with Crippen molar-refractivity contribution in [3.8, 4) is 0 Å². The number of hydrogen-bond donors (Lipinski definition) is 1. The standard InChI is InChI=1S/C16H37P.C5H4O3/c1-5-9-13-17(14-10-6-2,15-11-7-3)16-12-8-4;6-5(7)4-2-1-3-8-4/h17H,5-16H2,1-4H3;1-3H,(H,6,7). The first kappa shape index (κ1) is 24.2. The summed E-state index contributed by atoms with van der Waals surface area (Å²) in [4.78, 5) is 9.97. The summed E-state index contributed by atoms with van der Waals surface area (Å²) in [5, 5.41) is 8.18. The van der Waals surface area contributed by atoms with Crippen molar-refractivity contribution in [3.63, 3.8) is 0 Å². The van der Waals surface area contributed by atoms with Crippen LogP contribution in [0.4, 0.5) is 0 Å². The molecule has 3 nitrogen and oxygen atoms in total. The molecule has 0 aliphatic carbocycles. The Hall–Kier alpha value is -0.820. The molecular weight excluding hydrogens is 331 g/mol. The van der Waals surface area contributed by atoms with E-state index in [-0.39, 0.29) is 5.76 Å². The molecule has 0 fully saturated rings. The van der Waals surface area contributed by atoms with Crippen molar-refractivity contribution in [1.29, 1.82) is 0 Å². The number of carbonyl (C=O) groups is 1. The molecule has 0 bridgehead atoms. The fourth-order valence-electron chi connectivity index (χ4n) is 3.36. The molecule has 0 saturated carbocycles. The van der Waals surface area contributed by atoms with Crippen LogP contribution in [0.2, 0.25) is 0 Å². The van der Waals surface area contributed by atoms with Gasteiger partial charge in [0.25, 0.3) is 0 Å². The van der Waals surface area contributed by atoms with E-state index in [1.807, 2.05) is 0 Å². The second-order valence-electron chi connectivity index (χ2n) is 7.20. The van der Waals surface area contributed by atoms with Crippen molar-refractivity contribution in [2.75, 3.05) is 24.6 Å². The third-order valence-corrected chi connectivity index (χ3v) is 10.6. The normalized spacial score (nSPS) is 11.7. The van der Waals surface area contributed by atoms with Gasteiger partial charge in [0.05, 0.1) is 6.26 Å². The molecule has 1 rings (SSSR count). The molecule has 0 saturated heterocycles. The van der Waals surface area contributed by atoms with Crippen LogP contribution in [0.25, 0.3) is 0 Å². The van der Waals surface area contributed by atoms with Crippen LogP contribution >= 0.6 is 7.26 Å². The fourth-order valence-corrected chi connectivity index (χ4v) is 9.27. The van der Waals surface area contributed by atoms with E-state index in [9.17, 15) is 4.79 Å². The molecule has 1 N–H and O–H groups in total. The Morgan fingerprint density at radius 3 is 1.48 bits per heavy atom. The molecule has 0 radical (unpaired) electrons. The molecule has 0 atom stereocenters. The van der Waals surface area contributed by atoms with Gasteiger partial charge < -0.3 is 9.52 Å². The van der Waals surface area contributed by atoms with E-state index in [2.05, 4.69) is 32.1 Å². The van der Waals surface area contributed by atoms with Gasteiger partial charge in [0.15, 0.2) is 0 Å². The zero-order valence-corrected chi connectivity index (χ0v) is 18.0. The van der Waals surface area contributed by atoms with Crippen LogP contribution in [0.3, 0.4) is 0 Å². The number of hydrogen-bond acceptors (Lipinski definition) is 2. The molecule has 0 spiro atoms. The van der Waals surface area contributed by atoms with Gasteiger partial charge in [-0.05, 0) is 12.1 Å². The van der Waals surface area contributed by atoms with E-state index in [4.69, 9.17) is 5.11 Å². The van der Waals surface area contributed by atoms with Crippen molar-refractivity contribution in [2.24, 2.45) is 0 Å². The average Bonchev–Trinajstić information content (AvgIpc) is 3.16. The van der Waals surface area contributed by atoms with Crippen LogP contribution in [0.15, 0.2) is 22.8 Å². The maximum absolute atomic E-state index is 9.97. The van der Waals surface area contributed by atoms with Crippen molar-refractivity contribution in [2.45, 2.75) is 79.1 Å². The molecule has 148 valence electrons. The second-order valence-corrected chi connectivity index (χ2v) is 12.2. The van der Waals surface area contributed by atoms with Gasteiger partial charge >= 0.3 is 117 Å². The predicted octanol–water partition coefficient (Wildman–Crippen LogP) is 6.91. The van der Waals surface area contributed by atoms with Gasteiger partial charge in [-0.15, -0.1) is 0 Å². The van der Waals surface area contributed by atoms with E-state index in [1.54, 1.807) is 24.6 Å². The first-order valence-corrected chi connectivity index (χ1v) is 13.1. The van der Waals surface area contributed by atoms with E-state index in [0.29, 0.717) is 0 Å². The summed E-state index contributed by atoms with van der Waals surface area (Å²) >= 11 is 0. The third kappa shape index (κ3) is 11.4. The van der Waals surface area contributed by atoms with Gasteiger partial charge in [-0.25, -0.2) is 4.79 Å². The third-order valence-electron chi connectivity index (χ3n) is 4.97. The van der Waals surface area contributed by atoms with Crippen LogP contribution in [0.5, 0.6) is 0 Å². The summed E-state index contributed by atoms with van der Waals surface area (Å²) in [6.07, 6.45) is 19.5. The number of rotatable bonds is 13. The molecule has 0 unspecified atom stereocenters. The van der Waals surface area contributed by atoms with Gasteiger partial charge in [0, 0.05) is 0 Å². The Morgan fingerprint density at radius 2 is 1.28 bits per heavy atom. The van der Waals surface area contributed by atoms with Crippen LogP contribution < -0.4 is 0 Å². The first-order valence-electron chi connectivity index (χ1n) is 10.3. The van der Waals surface area contributed by atoms with Crippen LogP contribution in [0, 0.1) is 0 Å². The molecule has 0 aliphatic heterocycles. The molecule has 4 heteroatoms. The zero-order chi connectivity index (χ0) is 19.0. The minimum atomic E-state index is -1.03. The summed E-state index contributed by atoms with van der Waals surface area (Å²) in [5.74, 6) is -1.06. The minimum Gasteiger partial charge on any atom is -0.475 e. The number of aromatic carboxylic acids is 1. The molecule has 1 heterocycles. The summed E-state index contributed by atoms with van der Waals surface area (Å²) in [5.41, 5.74) is 0. The van der Waals surface area contributed by atoms with Gasteiger partial charge in [-0.2, -0.15) is 0 Å². The monoisotopic (exact) mass is 372 g/mol. The minimum absolute atomic E-state index is 0.0231. The SMILES string of the molecule is CCCC[PH](CCCC)(CCCC)CCCC.O=C(O)c1ccco1. The van der Waals surface area contributed by atoms with E-state index in [0.717, 1.165) is 0 Å². The fraction of sp³-hybridized carbons (Fsp3) is 0.762. The van der Waals surface area contributed by atoms with Gasteiger partial charge in [0.2, 0.25) is 5.76 Å². The number of furan rings is 1. The Kier molecular flexibility index (Phi) is 14.9. The maximum atomic E-state index is 9.97. The van der Waals surface area contributed by atoms with Gasteiger partial charge in [0.1, 0.15) is 0 Å². The van der Waals surface area contributed by atoms with E-state index >= 15 is 0 Å². The first-order chi connectivity index (χ1) is 12.0. The predicted molar refractivity (Wildman–Crippen MR) is 113 cm³/mol. The summed E-state index contributed by atoms with van der Waals surface area (Å²) in [7, 11) is -0.879. The Labute approximate surface area is 155 Å². The van der Waals surface area contributed by atoms with E-state index < -0.39 is 13.2 Å². The molecule has 25 heavy (non-hydrogen) atoms. The van der Waals surface area contributed by atoms with Crippen LogP contribution in [0.1, 0.15) is 89.6 Å². The van der Waals surface area contributed by atoms with Gasteiger partial charge in [-0.1, -0.05) is 0 Å². The molecule has 1 aromatic rings. The quantitative estimate of drug-likeness (QED) is 0.383. The molecule has 0 amide bonds. The van der Waals surface area contributed by atoms with Crippen molar-refractivity contribution >= 4 is 13.2 Å². The van der Waals surface area contributed by atoms with Crippen LogP contribution in [-0.2, 0) is 0 Å². The number of carboxylic acid groups (broad SMARTS) is 1. The topological polar surface area (TPSA) is 50.4 Å². The zero-order valence-electron chi connectivity index (χ0n) is 17.0. The Bertz CT molecular complexity index is 377. The van der Waals surface area contributed by atoms with Crippen molar-refractivity contribution in [1.82, 2.24) is 0 Å². The summed E-state index contributed by atoms with van der Waals surface area (Å²) in [6.45, 7) is 9.44. The molecular formula is C21H41O3P. The summed E-state index contributed by atoms with van der Waals surface area (Å²) < 4.78 is 4.50. The van der Waals surface area contributed by atoms with Crippen molar-refractivity contribution in [3.05, 3.63) is 24.2 Å². The van der Waals surface area contributed by atoms with Crippen molar-refractivity contribution < 1.29 is 14.3 Å². The number of carboxylic acids is 1. The van der Waals surface area contributed by atoms with E-state index in [1.165, 1.54) is 69.8 Å². The molecule has 0 aliphatic rings.